The van der Waals surface area contributed by atoms with Crippen molar-refractivity contribution in [3.63, 3.8) is 0 Å². The molecule has 0 aliphatic heterocycles. The largest absolute Gasteiger partial charge is 0.497 e. The molecule has 1 fully saturated rings. The van der Waals surface area contributed by atoms with Gasteiger partial charge in [-0.2, -0.15) is 0 Å². The van der Waals surface area contributed by atoms with E-state index in [4.69, 9.17) is 15.2 Å². The molecule has 124 valence electrons. The Morgan fingerprint density at radius 3 is 2.45 bits per heavy atom. The quantitative estimate of drug-likeness (QED) is 0.871. The van der Waals surface area contributed by atoms with Crippen LogP contribution in [0.3, 0.4) is 0 Å². The molecule has 0 saturated heterocycles. The molecule has 5 nitrogen and oxygen atoms in total. The highest BCUT2D eigenvalue weighted by molar-refractivity contribution is 5.86. The standard InChI is InChI=1S/C16H24N2O3.ClH/c1-11(18-15(19)16(17)8-4-5-9-16)13-10-12(20-2)6-7-14(13)21-3;/h6-7,10-11H,4-5,8-9,17H2,1-3H3,(H,18,19);1H. The van der Waals surface area contributed by atoms with E-state index in [0.717, 1.165) is 42.7 Å². The lowest BCUT2D eigenvalue weighted by molar-refractivity contribution is -0.126. The fourth-order valence-electron chi connectivity index (χ4n) is 2.83. The van der Waals surface area contributed by atoms with Crippen LogP contribution in [0.4, 0.5) is 0 Å². The van der Waals surface area contributed by atoms with Gasteiger partial charge in [-0.1, -0.05) is 12.8 Å². The lowest BCUT2D eigenvalue weighted by Gasteiger charge is -2.26. The van der Waals surface area contributed by atoms with Gasteiger partial charge in [0.1, 0.15) is 11.5 Å². The second-order valence-corrected chi connectivity index (χ2v) is 5.67. The molecule has 1 unspecified atom stereocenters. The summed E-state index contributed by atoms with van der Waals surface area (Å²) in [5, 5.41) is 3.01. The van der Waals surface area contributed by atoms with Crippen molar-refractivity contribution in [3.8, 4) is 11.5 Å². The molecule has 22 heavy (non-hydrogen) atoms. The average molecular weight is 329 g/mol. The topological polar surface area (TPSA) is 73.6 Å². The van der Waals surface area contributed by atoms with Crippen LogP contribution in [0.15, 0.2) is 18.2 Å². The molecule has 2 rings (SSSR count). The Balaban J connectivity index is 0.00000242. The van der Waals surface area contributed by atoms with Gasteiger partial charge in [-0.15, -0.1) is 12.4 Å². The Hall–Kier alpha value is -1.46. The van der Waals surface area contributed by atoms with Crippen molar-refractivity contribution in [1.82, 2.24) is 5.32 Å². The van der Waals surface area contributed by atoms with E-state index in [2.05, 4.69) is 5.32 Å². The van der Waals surface area contributed by atoms with E-state index in [-0.39, 0.29) is 24.4 Å². The zero-order chi connectivity index (χ0) is 15.5. The molecule has 1 aromatic carbocycles. The third-order valence-corrected chi connectivity index (χ3v) is 4.20. The molecule has 1 atom stereocenters. The lowest BCUT2D eigenvalue weighted by atomic mass is 9.97. The van der Waals surface area contributed by atoms with E-state index < -0.39 is 5.54 Å². The van der Waals surface area contributed by atoms with Gasteiger partial charge >= 0.3 is 0 Å². The SMILES string of the molecule is COc1ccc(OC)c(C(C)NC(=O)C2(N)CCCC2)c1.Cl. The summed E-state index contributed by atoms with van der Waals surface area (Å²) in [6, 6.07) is 5.35. The van der Waals surface area contributed by atoms with E-state index in [1.54, 1.807) is 14.2 Å². The molecule has 1 aliphatic carbocycles. The number of ether oxygens (including phenoxy) is 2. The fraction of sp³-hybridized carbons (Fsp3) is 0.562. The number of carbonyl (C=O) groups excluding carboxylic acids is 1. The number of nitrogens with one attached hydrogen (secondary N) is 1. The minimum Gasteiger partial charge on any atom is -0.497 e. The first-order chi connectivity index (χ1) is 10.00. The monoisotopic (exact) mass is 328 g/mol. The number of hydrogen-bond donors (Lipinski definition) is 2. The zero-order valence-electron chi connectivity index (χ0n) is 13.3. The van der Waals surface area contributed by atoms with Crippen LogP contribution in [0.2, 0.25) is 0 Å². The van der Waals surface area contributed by atoms with Gasteiger partial charge in [-0.05, 0) is 38.0 Å². The van der Waals surface area contributed by atoms with Crippen LogP contribution in [0.25, 0.3) is 0 Å². The van der Waals surface area contributed by atoms with Gasteiger partial charge in [-0.25, -0.2) is 0 Å². The first kappa shape index (κ1) is 18.6. The van der Waals surface area contributed by atoms with Gasteiger partial charge in [-0.3, -0.25) is 4.79 Å². The molecule has 1 saturated carbocycles. The summed E-state index contributed by atoms with van der Waals surface area (Å²) in [5.41, 5.74) is 6.35. The third-order valence-electron chi connectivity index (χ3n) is 4.20. The Labute approximate surface area is 138 Å². The van der Waals surface area contributed by atoms with Crippen LogP contribution in [0.1, 0.15) is 44.2 Å². The van der Waals surface area contributed by atoms with Gasteiger partial charge < -0.3 is 20.5 Å². The van der Waals surface area contributed by atoms with Crippen molar-refractivity contribution in [2.24, 2.45) is 5.73 Å². The van der Waals surface area contributed by atoms with Crippen molar-refractivity contribution in [2.75, 3.05) is 14.2 Å². The maximum absolute atomic E-state index is 12.4. The molecule has 6 heteroatoms. The molecule has 0 heterocycles. The molecule has 0 bridgehead atoms. The fourth-order valence-corrected chi connectivity index (χ4v) is 2.83. The van der Waals surface area contributed by atoms with Crippen molar-refractivity contribution < 1.29 is 14.3 Å². The van der Waals surface area contributed by atoms with Crippen LogP contribution in [-0.2, 0) is 4.79 Å². The Bertz CT molecular complexity index is 516. The number of carbonyl (C=O) groups is 1. The average Bonchev–Trinajstić information content (AvgIpc) is 2.94. The van der Waals surface area contributed by atoms with E-state index in [0.29, 0.717) is 0 Å². The number of methoxy groups -OCH3 is 2. The summed E-state index contributed by atoms with van der Waals surface area (Å²) in [6.07, 6.45) is 3.53. The number of benzene rings is 1. The molecule has 0 radical (unpaired) electrons. The summed E-state index contributed by atoms with van der Waals surface area (Å²) in [5.74, 6) is 1.37. The summed E-state index contributed by atoms with van der Waals surface area (Å²) < 4.78 is 10.6. The van der Waals surface area contributed by atoms with Gasteiger partial charge in [0.2, 0.25) is 5.91 Å². The second-order valence-electron chi connectivity index (χ2n) is 5.67. The first-order valence-electron chi connectivity index (χ1n) is 7.32. The van der Waals surface area contributed by atoms with Crippen LogP contribution >= 0.6 is 12.4 Å². The van der Waals surface area contributed by atoms with Crippen molar-refractivity contribution in [1.29, 1.82) is 0 Å². The van der Waals surface area contributed by atoms with E-state index >= 15 is 0 Å². The number of nitrogens with two attached hydrogens (primary N) is 1. The Morgan fingerprint density at radius 1 is 1.27 bits per heavy atom. The molecular weight excluding hydrogens is 304 g/mol. The van der Waals surface area contributed by atoms with Gasteiger partial charge in [0.25, 0.3) is 0 Å². The highest BCUT2D eigenvalue weighted by atomic mass is 35.5. The van der Waals surface area contributed by atoms with Crippen LogP contribution in [-0.4, -0.2) is 25.7 Å². The summed E-state index contributed by atoms with van der Waals surface area (Å²) in [6.45, 7) is 1.92. The molecule has 3 N–H and O–H groups in total. The summed E-state index contributed by atoms with van der Waals surface area (Å²) in [4.78, 5) is 12.4. The molecule has 1 aliphatic rings. The van der Waals surface area contributed by atoms with E-state index in [9.17, 15) is 4.79 Å². The zero-order valence-corrected chi connectivity index (χ0v) is 14.2. The molecule has 0 aromatic heterocycles. The van der Waals surface area contributed by atoms with Crippen LogP contribution in [0, 0.1) is 0 Å². The van der Waals surface area contributed by atoms with Crippen LogP contribution in [0.5, 0.6) is 11.5 Å². The number of hydrogen-bond acceptors (Lipinski definition) is 4. The maximum Gasteiger partial charge on any atom is 0.240 e. The molecular formula is C16H25ClN2O3. The number of rotatable bonds is 5. The van der Waals surface area contributed by atoms with E-state index in [1.807, 2.05) is 25.1 Å². The third kappa shape index (κ3) is 3.84. The first-order valence-corrected chi connectivity index (χ1v) is 7.32. The maximum atomic E-state index is 12.4. The van der Waals surface area contributed by atoms with Gasteiger partial charge in [0.15, 0.2) is 0 Å². The minimum atomic E-state index is -0.722. The summed E-state index contributed by atoms with van der Waals surface area (Å²) >= 11 is 0. The highest BCUT2D eigenvalue weighted by Crippen LogP contribution is 2.31. The number of amides is 1. The minimum absolute atomic E-state index is 0. The predicted octanol–water partition coefficient (Wildman–Crippen LogP) is 2.57. The van der Waals surface area contributed by atoms with Gasteiger partial charge in [0.05, 0.1) is 25.8 Å². The molecule has 1 amide bonds. The summed E-state index contributed by atoms with van der Waals surface area (Å²) in [7, 11) is 3.23. The van der Waals surface area contributed by atoms with Crippen LogP contribution < -0.4 is 20.5 Å². The second kappa shape index (κ2) is 7.70. The molecule has 0 spiro atoms. The lowest BCUT2D eigenvalue weighted by Crippen LogP contribution is -2.52. The van der Waals surface area contributed by atoms with E-state index in [1.165, 1.54) is 0 Å². The normalized spacial score (nSPS) is 17.3. The van der Waals surface area contributed by atoms with Crippen molar-refractivity contribution in [2.45, 2.75) is 44.2 Å². The smallest absolute Gasteiger partial charge is 0.240 e. The van der Waals surface area contributed by atoms with Crippen molar-refractivity contribution in [3.05, 3.63) is 23.8 Å². The van der Waals surface area contributed by atoms with Gasteiger partial charge in [0, 0.05) is 5.56 Å². The Morgan fingerprint density at radius 2 is 1.91 bits per heavy atom. The highest BCUT2D eigenvalue weighted by Gasteiger charge is 2.37. The predicted molar refractivity (Wildman–Crippen MR) is 88.7 cm³/mol. The molecule has 1 aromatic rings. The number of halogens is 1. The Kier molecular flexibility index (Phi) is 6.50. The van der Waals surface area contributed by atoms with Crippen molar-refractivity contribution >= 4 is 18.3 Å².